The van der Waals surface area contributed by atoms with E-state index in [0.717, 1.165) is 12.8 Å². The monoisotopic (exact) mass is 257 g/mol. The summed E-state index contributed by atoms with van der Waals surface area (Å²) in [5.41, 5.74) is 0. The van der Waals surface area contributed by atoms with Crippen molar-refractivity contribution in [2.24, 2.45) is 0 Å². The van der Waals surface area contributed by atoms with E-state index in [9.17, 15) is 9.59 Å². The van der Waals surface area contributed by atoms with E-state index in [1.165, 1.54) is 32.1 Å². The lowest BCUT2D eigenvalue weighted by Crippen LogP contribution is -2.40. The van der Waals surface area contributed by atoms with Gasteiger partial charge >= 0.3 is 5.97 Å². The predicted molar refractivity (Wildman–Crippen MR) is 72.5 cm³/mol. The second kappa shape index (κ2) is 11.1. The molecule has 0 aromatic carbocycles. The number of unbranched alkanes of at least 4 members (excludes halogenated alkanes) is 6. The minimum atomic E-state index is -0.953. The highest BCUT2D eigenvalue weighted by Crippen LogP contribution is 2.08. The van der Waals surface area contributed by atoms with Crippen LogP contribution in [-0.2, 0) is 9.59 Å². The molecular weight excluding hydrogens is 230 g/mol. The fraction of sp³-hybridized carbons (Fsp3) is 0.857. The minimum absolute atomic E-state index is 0.141. The maximum atomic E-state index is 11.5. The summed E-state index contributed by atoms with van der Waals surface area (Å²) in [6.07, 6.45) is 9.00. The number of carbonyl (C=O) groups is 2. The van der Waals surface area contributed by atoms with Crippen LogP contribution in [0.4, 0.5) is 0 Å². The summed E-state index contributed by atoms with van der Waals surface area (Å²) < 4.78 is 0. The van der Waals surface area contributed by atoms with Crippen LogP contribution in [0.25, 0.3) is 0 Å². The molecule has 0 aromatic rings. The first kappa shape index (κ1) is 16.9. The Labute approximate surface area is 110 Å². The van der Waals surface area contributed by atoms with Crippen molar-refractivity contribution in [1.29, 1.82) is 0 Å². The van der Waals surface area contributed by atoms with Crippen molar-refractivity contribution in [2.75, 3.05) is 0 Å². The van der Waals surface area contributed by atoms with E-state index in [-0.39, 0.29) is 5.91 Å². The number of nitrogens with one attached hydrogen (secondary N) is 1. The van der Waals surface area contributed by atoms with E-state index in [1.807, 2.05) is 0 Å². The van der Waals surface area contributed by atoms with E-state index >= 15 is 0 Å². The number of hydrogen-bond acceptors (Lipinski definition) is 2. The normalized spacial score (nSPS) is 12.1. The maximum absolute atomic E-state index is 11.5. The zero-order valence-electron chi connectivity index (χ0n) is 11.7. The second-order valence-corrected chi connectivity index (χ2v) is 4.74. The van der Waals surface area contributed by atoms with Crippen molar-refractivity contribution in [3.8, 4) is 0 Å². The Morgan fingerprint density at radius 2 is 1.56 bits per heavy atom. The Hall–Kier alpha value is -1.06. The van der Waals surface area contributed by atoms with Gasteiger partial charge in [0.15, 0.2) is 0 Å². The summed E-state index contributed by atoms with van der Waals surface area (Å²) >= 11 is 0. The summed E-state index contributed by atoms with van der Waals surface area (Å²) in [5, 5.41) is 11.3. The van der Waals surface area contributed by atoms with Crippen LogP contribution in [0.2, 0.25) is 0 Å². The first-order valence-corrected chi connectivity index (χ1v) is 7.14. The van der Waals surface area contributed by atoms with Crippen LogP contribution < -0.4 is 5.32 Å². The number of carboxylic acids is 1. The molecule has 0 radical (unpaired) electrons. The number of carbonyl (C=O) groups excluding carboxylic acids is 1. The van der Waals surface area contributed by atoms with Crippen LogP contribution in [0.5, 0.6) is 0 Å². The van der Waals surface area contributed by atoms with E-state index < -0.39 is 12.0 Å². The highest BCUT2D eigenvalue weighted by atomic mass is 16.4. The van der Waals surface area contributed by atoms with E-state index in [0.29, 0.717) is 12.8 Å². The molecule has 18 heavy (non-hydrogen) atoms. The van der Waals surface area contributed by atoms with Crippen molar-refractivity contribution in [3.05, 3.63) is 0 Å². The lowest BCUT2D eigenvalue weighted by atomic mass is 10.1. The van der Waals surface area contributed by atoms with E-state index in [4.69, 9.17) is 5.11 Å². The zero-order chi connectivity index (χ0) is 13.8. The van der Waals surface area contributed by atoms with Gasteiger partial charge in [0.05, 0.1) is 0 Å². The molecule has 0 fully saturated rings. The Kier molecular flexibility index (Phi) is 10.4. The fourth-order valence-electron chi connectivity index (χ4n) is 1.85. The molecule has 0 rings (SSSR count). The van der Waals surface area contributed by atoms with Crippen LogP contribution >= 0.6 is 0 Å². The molecule has 0 aliphatic rings. The lowest BCUT2D eigenvalue weighted by Gasteiger charge is -2.11. The molecule has 106 valence electrons. The van der Waals surface area contributed by atoms with Gasteiger partial charge in [0, 0.05) is 6.42 Å². The summed E-state index contributed by atoms with van der Waals surface area (Å²) in [6, 6.07) is -0.734. The molecule has 0 heterocycles. The van der Waals surface area contributed by atoms with Gasteiger partial charge in [0.2, 0.25) is 5.91 Å². The van der Waals surface area contributed by atoms with Crippen LogP contribution in [0.1, 0.15) is 71.6 Å². The van der Waals surface area contributed by atoms with Crippen molar-refractivity contribution in [3.63, 3.8) is 0 Å². The van der Waals surface area contributed by atoms with Crippen molar-refractivity contribution in [2.45, 2.75) is 77.7 Å². The quantitative estimate of drug-likeness (QED) is 0.559. The van der Waals surface area contributed by atoms with Gasteiger partial charge in [0.1, 0.15) is 6.04 Å². The standard InChI is InChI=1S/C14H27NO3/c1-3-5-6-7-8-9-10-11-13(16)15-12(4-2)14(17)18/h12H,3-11H2,1-2H3,(H,15,16)(H,17,18)/t12-/m1/s1. The topological polar surface area (TPSA) is 66.4 Å². The van der Waals surface area contributed by atoms with Gasteiger partial charge < -0.3 is 10.4 Å². The summed E-state index contributed by atoms with van der Waals surface area (Å²) in [4.78, 5) is 22.2. The average molecular weight is 257 g/mol. The van der Waals surface area contributed by atoms with Crippen molar-refractivity contribution in [1.82, 2.24) is 5.32 Å². The minimum Gasteiger partial charge on any atom is -0.480 e. The average Bonchev–Trinajstić information content (AvgIpc) is 2.34. The SMILES string of the molecule is CCCCCCCCCC(=O)N[C@H](CC)C(=O)O. The predicted octanol–water partition coefficient (Wildman–Crippen LogP) is 3.11. The largest absolute Gasteiger partial charge is 0.480 e. The third kappa shape index (κ3) is 9.02. The number of hydrogen-bond donors (Lipinski definition) is 2. The molecule has 2 N–H and O–H groups in total. The highest BCUT2D eigenvalue weighted by molar-refractivity contribution is 5.83. The van der Waals surface area contributed by atoms with Gasteiger partial charge in [-0.15, -0.1) is 0 Å². The van der Waals surface area contributed by atoms with Crippen molar-refractivity contribution < 1.29 is 14.7 Å². The van der Waals surface area contributed by atoms with Gasteiger partial charge in [-0.3, -0.25) is 4.79 Å². The van der Waals surface area contributed by atoms with E-state index in [1.54, 1.807) is 6.92 Å². The summed E-state index contributed by atoms with van der Waals surface area (Å²) in [7, 11) is 0. The van der Waals surface area contributed by atoms with Gasteiger partial charge in [-0.1, -0.05) is 52.4 Å². The Bertz CT molecular complexity index is 241. The molecule has 0 aromatic heterocycles. The molecule has 4 nitrogen and oxygen atoms in total. The molecule has 4 heteroatoms. The van der Waals surface area contributed by atoms with Crippen LogP contribution in [0.15, 0.2) is 0 Å². The fourth-order valence-corrected chi connectivity index (χ4v) is 1.85. The third-order valence-electron chi connectivity index (χ3n) is 3.05. The Balaban J connectivity index is 3.50. The molecule has 0 saturated carbocycles. The molecule has 0 unspecified atom stereocenters. The van der Waals surface area contributed by atoms with Crippen molar-refractivity contribution >= 4 is 11.9 Å². The molecular formula is C14H27NO3. The first-order chi connectivity index (χ1) is 8.61. The second-order valence-electron chi connectivity index (χ2n) is 4.74. The van der Waals surface area contributed by atoms with Gasteiger partial charge in [-0.2, -0.15) is 0 Å². The molecule has 0 saturated heterocycles. The number of aliphatic carboxylic acids is 1. The highest BCUT2D eigenvalue weighted by Gasteiger charge is 2.16. The summed E-state index contributed by atoms with van der Waals surface area (Å²) in [5.74, 6) is -1.09. The summed E-state index contributed by atoms with van der Waals surface area (Å²) in [6.45, 7) is 3.95. The number of amides is 1. The molecule has 0 spiro atoms. The molecule has 0 aliphatic carbocycles. The van der Waals surface area contributed by atoms with Gasteiger partial charge in [0.25, 0.3) is 0 Å². The molecule has 1 atom stereocenters. The molecule has 1 amide bonds. The molecule has 0 bridgehead atoms. The number of carboxylic acid groups (broad SMARTS) is 1. The van der Waals surface area contributed by atoms with Crippen LogP contribution in [0.3, 0.4) is 0 Å². The first-order valence-electron chi connectivity index (χ1n) is 7.14. The lowest BCUT2D eigenvalue weighted by molar-refractivity contribution is -0.141. The van der Waals surface area contributed by atoms with Gasteiger partial charge in [-0.05, 0) is 12.8 Å². The van der Waals surface area contributed by atoms with Gasteiger partial charge in [-0.25, -0.2) is 4.79 Å². The smallest absolute Gasteiger partial charge is 0.326 e. The zero-order valence-corrected chi connectivity index (χ0v) is 11.7. The van der Waals surface area contributed by atoms with E-state index in [2.05, 4.69) is 12.2 Å². The number of rotatable bonds is 11. The molecule has 0 aliphatic heterocycles. The Morgan fingerprint density at radius 1 is 1.00 bits per heavy atom. The maximum Gasteiger partial charge on any atom is 0.326 e. The third-order valence-corrected chi connectivity index (χ3v) is 3.05. The Morgan fingerprint density at radius 3 is 2.06 bits per heavy atom. The van der Waals surface area contributed by atoms with Crippen LogP contribution in [0, 0.1) is 0 Å². The van der Waals surface area contributed by atoms with Crippen LogP contribution in [-0.4, -0.2) is 23.0 Å².